The summed E-state index contributed by atoms with van der Waals surface area (Å²) in [6.07, 6.45) is 0. The second kappa shape index (κ2) is 6.06. The summed E-state index contributed by atoms with van der Waals surface area (Å²) < 4.78 is 18.9. The normalized spacial score (nSPS) is 10.3. The number of hydrogen-bond acceptors (Lipinski definition) is 3. The molecule has 2 aromatic carbocycles. The van der Waals surface area contributed by atoms with Gasteiger partial charge in [-0.05, 0) is 23.2 Å². The molecule has 0 saturated carbocycles. The quantitative estimate of drug-likeness (QED) is 0.839. The monoisotopic (exact) mass is 280 g/mol. The Morgan fingerprint density at radius 3 is 2.42 bits per heavy atom. The van der Waals surface area contributed by atoms with E-state index in [0.29, 0.717) is 5.46 Å². The van der Waals surface area contributed by atoms with Crippen molar-refractivity contribution in [3.8, 4) is 5.75 Å². The summed E-state index contributed by atoms with van der Waals surface area (Å²) in [6, 6.07) is 11.0. The lowest BCUT2D eigenvalue weighted by Gasteiger charge is -2.08. The molecular weight excluding hydrogens is 269 g/mol. The molecule has 2 rings (SSSR count). The fourth-order valence-electron chi connectivity index (χ4n) is 1.54. The van der Waals surface area contributed by atoms with Crippen LogP contribution in [-0.2, 0) is 6.61 Å². The van der Waals surface area contributed by atoms with E-state index in [4.69, 9.17) is 26.4 Å². The van der Waals surface area contributed by atoms with Gasteiger partial charge in [-0.25, -0.2) is 4.39 Å². The number of halogens is 2. The Kier molecular flexibility index (Phi) is 4.42. The highest BCUT2D eigenvalue weighted by Gasteiger charge is 2.10. The van der Waals surface area contributed by atoms with Gasteiger partial charge in [-0.1, -0.05) is 41.9 Å². The molecule has 3 nitrogen and oxygen atoms in total. The van der Waals surface area contributed by atoms with Crippen LogP contribution in [0.1, 0.15) is 5.56 Å². The van der Waals surface area contributed by atoms with Crippen LogP contribution in [-0.4, -0.2) is 17.2 Å². The fourth-order valence-corrected chi connectivity index (χ4v) is 1.71. The summed E-state index contributed by atoms with van der Waals surface area (Å²) in [5, 5.41) is 17.9. The maximum absolute atomic E-state index is 13.6. The van der Waals surface area contributed by atoms with Crippen LogP contribution in [0.25, 0.3) is 0 Å². The molecule has 0 fully saturated rings. The third-order valence-corrected chi connectivity index (χ3v) is 2.88. The Hall–Kier alpha value is -1.56. The molecule has 2 aromatic rings. The standard InChI is InChI=1S/C13H11BClFO3/c15-11-2-1-3-12(13(11)16)19-8-9-4-6-10(7-5-9)14(17)18/h1-7,17-18H,8H2. The first-order valence-electron chi connectivity index (χ1n) is 5.59. The molecule has 0 aromatic heterocycles. The third kappa shape index (κ3) is 3.47. The van der Waals surface area contributed by atoms with Crippen molar-refractivity contribution in [2.45, 2.75) is 6.61 Å². The van der Waals surface area contributed by atoms with E-state index < -0.39 is 12.9 Å². The molecule has 0 unspecified atom stereocenters. The van der Waals surface area contributed by atoms with Crippen molar-refractivity contribution >= 4 is 24.2 Å². The molecule has 0 amide bonds. The predicted octanol–water partition coefficient (Wildman–Crippen LogP) is 1.74. The third-order valence-electron chi connectivity index (χ3n) is 2.59. The van der Waals surface area contributed by atoms with Crippen LogP contribution in [0.15, 0.2) is 42.5 Å². The van der Waals surface area contributed by atoms with E-state index in [-0.39, 0.29) is 17.4 Å². The summed E-state index contributed by atoms with van der Waals surface area (Å²) in [6.45, 7) is 0.166. The fraction of sp³-hybridized carbons (Fsp3) is 0.0769. The second-order valence-corrected chi connectivity index (χ2v) is 4.36. The van der Waals surface area contributed by atoms with Crippen molar-refractivity contribution < 1.29 is 19.2 Å². The highest BCUT2D eigenvalue weighted by atomic mass is 35.5. The van der Waals surface area contributed by atoms with Gasteiger partial charge in [0.05, 0.1) is 5.02 Å². The number of rotatable bonds is 4. The maximum atomic E-state index is 13.6. The van der Waals surface area contributed by atoms with Crippen LogP contribution in [0, 0.1) is 5.82 Å². The van der Waals surface area contributed by atoms with Crippen molar-refractivity contribution in [3.63, 3.8) is 0 Å². The van der Waals surface area contributed by atoms with Crippen molar-refractivity contribution in [1.29, 1.82) is 0 Å². The summed E-state index contributed by atoms with van der Waals surface area (Å²) >= 11 is 5.64. The first-order chi connectivity index (χ1) is 9.08. The van der Waals surface area contributed by atoms with Gasteiger partial charge in [0, 0.05) is 0 Å². The van der Waals surface area contributed by atoms with Gasteiger partial charge in [-0.15, -0.1) is 0 Å². The summed E-state index contributed by atoms with van der Waals surface area (Å²) in [4.78, 5) is 0. The van der Waals surface area contributed by atoms with E-state index in [9.17, 15) is 4.39 Å². The minimum atomic E-state index is -1.50. The van der Waals surface area contributed by atoms with E-state index in [2.05, 4.69) is 0 Å². The summed E-state index contributed by atoms with van der Waals surface area (Å²) in [5.74, 6) is -0.509. The molecule has 6 heteroatoms. The van der Waals surface area contributed by atoms with Crippen LogP contribution >= 0.6 is 11.6 Å². The van der Waals surface area contributed by atoms with E-state index >= 15 is 0 Å². The minimum absolute atomic E-state index is 0.0104. The predicted molar refractivity (Wildman–Crippen MR) is 72.0 cm³/mol. The molecule has 0 atom stereocenters. The molecule has 0 radical (unpaired) electrons. The zero-order valence-electron chi connectivity index (χ0n) is 9.88. The van der Waals surface area contributed by atoms with E-state index in [1.807, 2.05) is 0 Å². The van der Waals surface area contributed by atoms with Crippen LogP contribution in [0.3, 0.4) is 0 Å². The highest BCUT2D eigenvalue weighted by Crippen LogP contribution is 2.24. The SMILES string of the molecule is OB(O)c1ccc(COc2cccc(Cl)c2F)cc1. The molecule has 19 heavy (non-hydrogen) atoms. The van der Waals surface area contributed by atoms with Gasteiger partial charge >= 0.3 is 7.12 Å². The number of hydrogen-bond donors (Lipinski definition) is 2. The van der Waals surface area contributed by atoms with Crippen LogP contribution < -0.4 is 10.2 Å². The maximum Gasteiger partial charge on any atom is 0.488 e. The summed E-state index contributed by atoms with van der Waals surface area (Å²) in [7, 11) is -1.50. The smallest absolute Gasteiger partial charge is 0.486 e. The average Bonchev–Trinajstić information content (AvgIpc) is 2.41. The van der Waals surface area contributed by atoms with Gasteiger partial charge in [0.2, 0.25) is 0 Å². The Labute approximate surface area is 115 Å². The molecule has 0 spiro atoms. The van der Waals surface area contributed by atoms with Crippen molar-refractivity contribution in [3.05, 3.63) is 58.9 Å². The van der Waals surface area contributed by atoms with Gasteiger partial charge in [-0.2, -0.15) is 0 Å². The van der Waals surface area contributed by atoms with Gasteiger partial charge < -0.3 is 14.8 Å². The molecule has 0 saturated heterocycles. The Morgan fingerprint density at radius 1 is 1.11 bits per heavy atom. The first kappa shape index (κ1) is 13.9. The van der Waals surface area contributed by atoms with Crippen molar-refractivity contribution in [2.75, 3.05) is 0 Å². The molecular formula is C13H11BClFO3. The first-order valence-corrected chi connectivity index (χ1v) is 5.97. The topological polar surface area (TPSA) is 49.7 Å². The summed E-state index contributed by atoms with van der Waals surface area (Å²) in [5.41, 5.74) is 1.17. The lowest BCUT2D eigenvalue weighted by Crippen LogP contribution is -2.29. The number of benzene rings is 2. The van der Waals surface area contributed by atoms with Crippen molar-refractivity contribution in [1.82, 2.24) is 0 Å². The zero-order valence-corrected chi connectivity index (χ0v) is 10.6. The molecule has 0 aliphatic rings. The molecule has 0 aliphatic carbocycles. The zero-order chi connectivity index (χ0) is 13.8. The van der Waals surface area contributed by atoms with Gasteiger partial charge in [0.1, 0.15) is 6.61 Å². The van der Waals surface area contributed by atoms with Gasteiger partial charge in [0.15, 0.2) is 11.6 Å². The number of ether oxygens (including phenoxy) is 1. The van der Waals surface area contributed by atoms with Crippen LogP contribution in [0.2, 0.25) is 5.02 Å². The Balaban J connectivity index is 2.04. The minimum Gasteiger partial charge on any atom is -0.486 e. The lowest BCUT2D eigenvalue weighted by molar-refractivity contribution is 0.290. The Morgan fingerprint density at radius 2 is 1.79 bits per heavy atom. The van der Waals surface area contributed by atoms with Crippen molar-refractivity contribution in [2.24, 2.45) is 0 Å². The van der Waals surface area contributed by atoms with Crippen LogP contribution in [0.5, 0.6) is 5.75 Å². The highest BCUT2D eigenvalue weighted by molar-refractivity contribution is 6.58. The molecule has 2 N–H and O–H groups in total. The Bertz CT molecular complexity index is 560. The van der Waals surface area contributed by atoms with Crippen LogP contribution in [0.4, 0.5) is 4.39 Å². The second-order valence-electron chi connectivity index (χ2n) is 3.96. The average molecular weight is 280 g/mol. The largest absolute Gasteiger partial charge is 0.488 e. The molecule has 0 bridgehead atoms. The molecule has 0 heterocycles. The van der Waals surface area contributed by atoms with Gasteiger partial charge in [0.25, 0.3) is 0 Å². The molecule has 98 valence electrons. The molecule has 0 aliphatic heterocycles. The lowest BCUT2D eigenvalue weighted by atomic mass is 9.80. The van der Waals surface area contributed by atoms with Gasteiger partial charge in [-0.3, -0.25) is 0 Å². The van der Waals surface area contributed by atoms with E-state index in [0.717, 1.165) is 5.56 Å². The van der Waals surface area contributed by atoms with E-state index in [1.165, 1.54) is 12.1 Å². The van der Waals surface area contributed by atoms with E-state index in [1.54, 1.807) is 30.3 Å².